The summed E-state index contributed by atoms with van der Waals surface area (Å²) < 4.78 is 0. The second-order valence-corrected chi connectivity index (χ2v) is 6.33. The lowest BCUT2D eigenvalue weighted by Gasteiger charge is -2.35. The summed E-state index contributed by atoms with van der Waals surface area (Å²) >= 11 is 1.60. The Kier molecular flexibility index (Phi) is 5.31. The molecule has 5 heteroatoms. The molecular weight excluding hydrogens is 272 g/mol. The predicted molar refractivity (Wildman–Crippen MR) is 82.9 cm³/mol. The minimum absolute atomic E-state index is 0.0487. The number of aromatic hydroxyl groups is 1. The van der Waals surface area contributed by atoms with Gasteiger partial charge in [-0.15, -0.1) is 0 Å². The molecule has 4 nitrogen and oxygen atoms in total. The zero-order valence-corrected chi connectivity index (χ0v) is 12.9. The maximum Gasteiger partial charge on any atom is 0.235 e. The maximum absolute atomic E-state index is 12.1. The van der Waals surface area contributed by atoms with Crippen LogP contribution in [0.1, 0.15) is 12.5 Å². The van der Waals surface area contributed by atoms with E-state index in [1.807, 2.05) is 30.2 Å². The monoisotopic (exact) mass is 294 g/mol. The van der Waals surface area contributed by atoms with E-state index in [1.165, 1.54) is 0 Å². The summed E-state index contributed by atoms with van der Waals surface area (Å²) in [5.74, 6) is 0.555. The van der Waals surface area contributed by atoms with Crippen LogP contribution in [0.3, 0.4) is 0 Å². The van der Waals surface area contributed by atoms with Crippen LogP contribution in [0.5, 0.6) is 5.75 Å². The molecule has 0 aliphatic carbocycles. The maximum atomic E-state index is 12.1. The molecule has 1 fully saturated rings. The first-order valence-electron chi connectivity index (χ1n) is 6.92. The van der Waals surface area contributed by atoms with Crippen molar-refractivity contribution in [2.24, 2.45) is 0 Å². The standard InChI is InChI=1S/C15H22N2O2S/c1-12(20-2)15(19)17-8-6-16(7-9-17)11-13-4-3-5-14(18)10-13/h3-5,10,12,18H,6-9,11H2,1-2H3. The van der Waals surface area contributed by atoms with Crippen LogP contribution in [-0.2, 0) is 11.3 Å². The van der Waals surface area contributed by atoms with Crippen molar-refractivity contribution >= 4 is 17.7 Å². The number of piperazine rings is 1. The SMILES string of the molecule is CSC(C)C(=O)N1CCN(Cc2cccc(O)c2)CC1. The van der Waals surface area contributed by atoms with Crippen LogP contribution in [0, 0.1) is 0 Å². The van der Waals surface area contributed by atoms with E-state index < -0.39 is 0 Å². The van der Waals surface area contributed by atoms with E-state index in [1.54, 1.807) is 23.9 Å². The fourth-order valence-corrected chi connectivity index (χ4v) is 2.75. The Balaban J connectivity index is 1.84. The summed E-state index contributed by atoms with van der Waals surface area (Å²) in [4.78, 5) is 16.4. The fraction of sp³-hybridized carbons (Fsp3) is 0.533. The van der Waals surface area contributed by atoms with Crippen LogP contribution < -0.4 is 0 Å². The van der Waals surface area contributed by atoms with Gasteiger partial charge in [-0.1, -0.05) is 12.1 Å². The van der Waals surface area contributed by atoms with E-state index in [9.17, 15) is 9.90 Å². The largest absolute Gasteiger partial charge is 0.508 e. The molecule has 110 valence electrons. The van der Waals surface area contributed by atoms with Gasteiger partial charge in [-0.05, 0) is 30.9 Å². The van der Waals surface area contributed by atoms with E-state index in [0.717, 1.165) is 38.3 Å². The van der Waals surface area contributed by atoms with Crippen LogP contribution >= 0.6 is 11.8 Å². The van der Waals surface area contributed by atoms with Crippen molar-refractivity contribution in [1.29, 1.82) is 0 Å². The molecule has 1 aliphatic heterocycles. The van der Waals surface area contributed by atoms with Crippen LogP contribution in [-0.4, -0.2) is 58.5 Å². The van der Waals surface area contributed by atoms with Gasteiger partial charge in [0.15, 0.2) is 0 Å². The summed E-state index contributed by atoms with van der Waals surface area (Å²) in [7, 11) is 0. The third kappa shape index (κ3) is 3.90. The first kappa shape index (κ1) is 15.2. The summed E-state index contributed by atoms with van der Waals surface area (Å²) in [5, 5.41) is 9.52. The number of carbonyl (C=O) groups is 1. The van der Waals surface area contributed by atoms with Crippen LogP contribution in [0.4, 0.5) is 0 Å². The Morgan fingerprint density at radius 3 is 2.65 bits per heavy atom. The number of nitrogens with zero attached hydrogens (tertiary/aromatic N) is 2. The normalized spacial score (nSPS) is 18.0. The third-order valence-corrected chi connectivity index (χ3v) is 4.61. The molecule has 1 aromatic rings. The number of amides is 1. The summed E-state index contributed by atoms with van der Waals surface area (Å²) in [6.07, 6.45) is 1.97. The average molecular weight is 294 g/mol. The second-order valence-electron chi connectivity index (χ2n) is 5.15. The summed E-state index contributed by atoms with van der Waals surface area (Å²) in [6.45, 7) is 6.16. The highest BCUT2D eigenvalue weighted by molar-refractivity contribution is 7.99. The van der Waals surface area contributed by atoms with Crippen molar-refractivity contribution in [1.82, 2.24) is 9.80 Å². The Hall–Kier alpha value is -1.20. The van der Waals surface area contributed by atoms with Crippen molar-refractivity contribution in [3.63, 3.8) is 0 Å². The number of benzene rings is 1. The lowest BCUT2D eigenvalue weighted by molar-refractivity contribution is -0.132. The number of hydrogen-bond acceptors (Lipinski definition) is 4. The Morgan fingerprint density at radius 1 is 1.35 bits per heavy atom. The van der Waals surface area contributed by atoms with Gasteiger partial charge < -0.3 is 10.0 Å². The molecule has 1 amide bonds. The molecule has 0 bridgehead atoms. The highest BCUT2D eigenvalue weighted by atomic mass is 32.2. The van der Waals surface area contributed by atoms with Gasteiger partial charge in [0.25, 0.3) is 0 Å². The van der Waals surface area contributed by atoms with Crippen molar-refractivity contribution in [2.75, 3.05) is 32.4 Å². The zero-order chi connectivity index (χ0) is 14.5. The van der Waals surface area contributed by atoms with Crippen molar-refractivity contribution < 1.29 is 9.90 Å². The van der Waals surface area contributed by atoms with Gasteiger partial charge in [-0.3, -0.25) is 9.69 Å². The van der Waals surface area contributed by atoms with Gasteiger partial charge in [-0.25, -0.2) is 0 Å². The molecule has 0 aromatic heterocycles. The number of carbonyl (C=O) groups excluding carboxylic acids is 1. The molecule has 0 saturated carbocycles. The molecule has 1 unspecified atom stereocenters. The van der Waals surface area contributed by atoms with Gasteiger partial charge in [0.1, 0.15) is 5.75 Å². The number of phenols is 1. The predicted octanol–water partition coefficient (Wildman–Crippen LogP) is 1.79. The Morgan fingerprint density at radius 2 is 2.05 bits per heavy atom. The highest BCUT2D eigenvalue weighted by Gasteiger charge is 2.24. The fourth-order valence-electron chi connectivity index (χ4n) is 2.40. The minimum atomic E-state index is 0.0487. The van der Waals surface area contributed by atoms with Crippen LogP contribution in [0.25, 0.3) is 0 Å². The third-order valence-electron chi connectivity index (χ3n) is 3.70. The average Bonchev–Trinajstić information content (AvgIpc) is 2.46. The highest BCUT2D eigenvalue weighted by Crippen LogP contribution is 2.15. The van der Waals surface area contributed by atoms with Crippen LogP contribution in [0.15, 0.2) is 24.3 Å². The van der Waals surface area contributed by atoms with E-state index in [0.29, 0.717) is 5.75 Å². The molecule has 1 aromatic carbocycles. The zero-order valence-electron chi connectivity index (χ0n) is 12.1. The topological polar surface area (TPSA) is 43.8 Å². The molecule has 1 aliphatic rings. The van der Waals surface area contributed by atoms with Gasteiger partial charge in [0.05, 0.1) is 5.25 Å². The summed E-state index contributed by atoms with van der Waals surface area (Å²) in [6, 6.07) is 7.37. The molecule has 2 rings (SSSR count). The number of thioether (sulfide) groups is 1. The van der Waals surface area contributed by atoms with Crippen molar-refractivity contribution in [2.45, 2.75) is 18.7 Å². The molecule has 1 atom stereocenters. The molecule has 1 heterocycles. The minimum Gasteiger partial charge on any atom is -0.508 e. The lowest BCUT2D eigenvalue weighted by Crippen LogP contribution is -2.50. The molecule has 20 heavy (non-hydrogen) atoms. The first-order chi connectivity index (χ1) is 9.60. The van der Waals surface area contributed by atoms with Crippen molar-refractivity contribution in [3.8, 4) is 5.75 Å². The van der Waals surface area contributed by atoms with Gasteiger partial charge >= 0.3 is 0 Å². The second kappa shape index (κ2) is 6.99. The molecule has 1 N–H and O–H groups in total. The molecule has 1 saturated heterocycles. The van der Waals surface area contributed by atoms with E-state index in [-0.39, 0.29) is 11.2 Å². The van der Waals surface area contributed by atoms with Gasteiger partial charge in [-0.2, -0.15) is 11.8 Å². The van der Waals surface area contributed by atoms with E-state index in [2.05, 4.69) is 4.90 Å². The van der Waals surface area contributed by atoms with E-state index in [4.69, 9.17) is 0 Å². The van der Waals surface area contributed by atoms with E-state index >= 15 is 0 Å². The van der Waals surface area contributed by atoms with Crippen LogP contribution in [0.2, 0.25) is 0 Å². The van der Waals surface area contributed by atoms with Gasteiger partial charge in [0.2, 0.25) is 5.91 Å². The first-order valence-corrected chi connectivity index (χ1v) is 8.21. The molecular formula is C15H22N2O2S. The quantitative estimate of drug-likeness (QED) is 0.919. The smallest absolute Gasteiger partial charge is 0.235 e. The summed E-state index contributed by atoms with van der Waals surface area (Å²) in [5.41, 5.74) is 1.11. The van der Waals surface area contributed by atoms with Crippen molar-refractivity contribution in [3.05, 3.63) is 29.8 Å². The molecule has 0 spiro atoms. The number of hydrogen-bond donors (Lipinski definition) is 1. The lowest BCUT2D eigenvalue weighted by atomic mass is 10.2. The Bertz CT molecular complexity index is 459. The molecule has 0 radical (unpaired) electrons. The number of rotatable bonds is 4. The van der Waals surface area contributed by atoms with Gasteiger partial charge in [0, 0.05) is 32.7 Å². The Labute approximate surface area is 124 Å². The number of phenolic OH excluding ortho intramolecular Hbond substituents is 1.